The summed E-state index contributed by atoms with van der Waals surface area (Å²) in [5, 5.41) is 0. The van der Waals surface area contributed by atoms with Gasteiger partial charge >= 0.3 is 0 Å². The van der Waals surface area contributed by atoms with Gasteiger partial charge in [-0.2, -0.15) is 0 Å². The van der Waals surface area contributed by atoms with Gasteiger partial charge in [-0.1, -0.05) is 39.7 Å². The Morgan fingerprint density at radius 2 is 1.65 bits per heavy atom. The minimum absolute atomic E-state index is 0.0770. The van der Waals surface area contributed by atoms with Crippen LogP contribution >= 0.6 is 15.9 Å². The van der Waals surface area contributed by atoms with Crippen molar-refractivity contribution >= 4 is 15.9 Å². The van der Waals surface area contributed by atoms with Crippen molar-refractivity contribution in [2.24, 2.45) is 0 Å². The van der Waals surface area contributed by atoms with Crippen molar-refractivity contribution in [1.29, 1.82) is 0 Å². The van der Waals surface area contributed by atoms with Crippen LogP contribution in [0.2, 0.25) is 0 Å². The average molecular weight is 335 g/mol. The van der Waals surface area contributed by atoms with E-state index in [9.17, 15) is 0 Å². The van der Waals surface area contributed by atoms with Crippen LogP contribution in [0.1, 0.15) is 27.1 Å². The van der Waals surface area contributed by atoms with Gasteiger partial charge in [-0.15, -0.1) is 0 Å². The van der Waals surface area contributed by atoms with Crippen LogP contribution in [-0.4, -0.2) is 14.2 Å². The molecule has 0 bridgehead atoms. The van der Waals surface area contributed by atoms with Crippen molar-refractivity contribution in [3.05, 3.63) is 58.7 Å². The lowest BCUT2D eigenvalue weighted by Gasteiger charge is -2.18. The maximum atomic E-state index is 5.47. The smallest absolute Gasteiger partial charge is 0.123 e. The molecule has 0 saturated heterocycles. The fourth-order valence-corrected chi connectivity index (χ4v) is 3.19. The number of aryl methyl sites for hydroxylation is 2. The molecule has 0 radical (unpaired) electrons. The number of hydrogen-bond donors (Lipinski definition) is 0. The highest BCUT2D eigenvalue weighted by atomic mass is 79.9. The van der Waals surface area contributed by atoms with Crippen molar-refractivity contribution in [3.8, 4) is 11.5 Å². The van der Waals surface area contributed by atoms with Gasteiger partial charge in [0.2, 0.25) is 0 Å². The van der Waals surface area contributed by atoms with Gasteiger partial charge in [0.05, 0.1) is 19.0 Å². The van der Waals surface area contributed by atoms with E-state index in [1.165, 1.54) is 16.7 Å². The van der Waals surface area contributed by atoms with Crippen molar-refractivity contribution in [3.63, 3.8) is 0 Å². The maximum absolute atomic E-state index is 5.47. The van der Waals surface area contributed by atoms with Gasteiger partial charge in [-0.3, -0.25) is 0 Å². The summed E-state index contributed by atoms with van der Waals surface area (Å²) in [6.07, 6.45) is 0. The van der Waals surface area contributed by atoms with Crippen molar-refractivity contribution < 1.29 is 9.47 Å². The van der Waals surface area contributed by atoms with E-state index < -0.39 is 0 Å². The Labute approximate surface area is 128 Å². The third kappa shape index (κ3) is 2.98. The molecule has 0 saturated carbocycles. The highest BCUT2D eigenvalue weighted by Gasteiger charge is 2.18. The van der Waals surface area contributed by atoms with E-state index in [2.05, 4.69) is 48.0 Å². The summed E-state index contributed by atoms with van der Waals surface area (Å²) in [7, 11) is 3.36. The number of methoxy groups -OCH3 is 2. The normalized spacial score (nSPS) is 12.1. The lowest BCUT2D eigenvalue weighted by atomic mass is 9.98. The summed E-state index contributed by atoms with van der Waals surface area (Å²) in [4.78, 5) is 0.0770. The van der Waals surface area contributed by atoms with Crippen LogP contribution < -0.4 is 9.47 Å². The second-order valence-corrected chi connectivity index (χ2v) is 5.75. The van der Waals surface area contributed by atoms with Gasteiger partial charge in [-0.05, 0) is 43.2 Å². The fourth-order valence-electron chi connectivity index (χ4n) is 2.31. The third-order valence-electron chi connectivity index (χ3n) is 3.41. The molecule has 0 aromatic heterocycles. The third-order valence-corrected chi connectivity index (χ3v) is 4.39. The molecule has 1 unspecified atom stereocenters. The second kappa shape index (κ2) is 6.31. The minimum Gasteiger partial charge on any atom is -0.497 e. The molecule has 2 aromatic carbocycles. The first-order valence-electron chi connectivity index (χ1n) is 6.50. The summed E-state index contributed by atoms with van der Waals surface area (Å²) >= 11 is 3.79. The van der Waals surface area contributed by atoms with Crippen LogP contribution in [0.5, 0.6) is 11.5 Å². The van der Waals surface area contributed by atoms with E-state index in [0.29, 0.717) is 0 Å². The first kappa shape index (κ1) is 14.9. The van der Waals surface area contributed by atoms with E-state index in [1.807, 2.05) is 18.2 Å². The molecular weight excluding hydrogens is 316 g/mol. The molecule has 0 aliphatic carbocycles. The molecule has 2 rings (SSSR count). The number of hydrogen-bond acceptors (Lipinski definition) is 2. The largest absolute Gasteiger partial charge is 0.497 e. The van der Waals surface area contributed by atoms with Crippen LogP contribution in [-0.2, 0) is 0 Å². The Morgan fingerprint density at radius 1 is 0.900 bits per heavy atom. The molecule has 1 atom stereocenters. The van der Waals surface area contributed by atoms with Gasteiger partial charge in [0.25, 0.3) is 0 Å². The highest BCUT2D eigenvalue weighted by molar-refractivity contribution is 9.09. The van der Waals surface area contributed by atoms with Gasteiger partial charge in [0.1, 0.15) is 11.5 Å². The molecule has 3 heteroatoms. The van der Waals surface area contributed by atoms with Crippen LogP contribution in [0, 0.1) is 13.8 Å². The number of ether oxygens (including phenoxy) is 2. The zero-order valence-corrected chi connectivity index (χ0v) is 13.8. The van der Waals surface area contributed by atoms with Gasteiger partial charge < -0.3 is 9.47 Å². The SMILES string of the molecule is COc1ccc(OC)c(C(Br)c2ccc(C)cc2C)c1. The number of alkyl halides is 1. The second-order valence-electron chi connectivity index (χ2n) is 4.83. The van der Waals surface area contributed by atoms with Crippen LogP contribution in [0.15, 0.2) is 36.4 Å². The Kier molecular flexibility index (Phi) is 4.71. The number of halogens is 1. The lowest BCUT2D eigenvalue weighted by Crippen LogP contribution is -2.00. The zero-order chi connectivity index (χ0) is 14.7. The summed E-state index contributed by atoms with van der Waals surface area (Å²) in [6.45, 7) is 4.23. The van der Waals surface area contributed by atoms with Gasteiger partial charge in [0, 0.05) is 5.56 Å². The van der Waals surface area contributed by atoms with Gasteiger partial charge in [-0.25, -0.2) is 0 Å². The van der Waals surface area contributed by atoms with E-state index >= 15 is 0 Å². The molecule has 0 heterocycles. The first-order chi connectivity index (χ1) is 9.56. The molecule has 0 fully saturated rings. The van der Waals surface area contributed by atoms with E-state index in [0.717, 1.165) is 17.1 Å². The molecule has 2 nitrogen and oxygen atoms in total. The number of rotatable bonds is 4. The molecule has 106 valence electrons. The van der Waals surface area contributed by atoms with Crippen molar-refractivity contribution in [2.75, 3.05) is 14.2 Å². The molecule has 0 aliphatic heterocycles. The quantitative estimate of drug-likeness (QED) is 0.747. The van der Waals surface area contributed by atoms with Gasteiger partial charge in [0.15, 0.2) is 0 Å². The van der Waals surface area contributed by atoms with E-state index in [-0.39, 0.29) is 4.83 Å². The summed E-state index contributed by atoms with van der Waals surface area (Å²) < 4.78 is 10.8. The van der Waals surface area contributed by atoms with Crippen LogP contribution in [0.25, 0.3) is 0 Å². The maximum Gasteiger partial charge on any atom is 0.123 e. The standard InChI is InChI=1S/C17H19BrO2/c1-11-5-7-14(12(2)9-11)17(18)15-10-13(19-3)6-8-16(15)20-4/h5-10,17H,1-4H3. The average Bonchev–Trinajstić information content (AvgIpc) is 2.46. The fraction of sp³-hybridized carbons (Fsp3) is 0.294. The Bertz CT molecular complexity index is 608. The minimum atomic E-state index is 0.0770. The molecule has 2 aromatic rings. The Hall–Kier alpha value is -1.48. The van der Waals surface area contributed by atoms with Crippen molar-refractivity contribution in [1.82, 2.24) is 0 Å². The first-order valence-corrected chi connectivity index (χ1v) is 7.41. The molecule has 0 N–H and O–H groups in total. The molecule has 0 amide bonds. The summed E-state index contributed by atoms with van der Waals surface area (Å²) in [5.74, 6) is 1.68. The van der Waals surface area contributed by atoms with Crippen LogP contribution in [0.3, 0.4) is 0 Å². The lowest BCUT2D eigenvalue weighted by molar-refractivity contribution is 0.399. The summed E-state index contributed by atoms with van der Waals surface area (Å²) in [6, 6.07) is 12.3. The predicted molar refractivity (Wildman–Crippen MR) is 86.2 cm³/mol. The van der Waals surface area contributed by atoms with Crippen LogP contribution in [0.4, 0.5) is 0 Å². The monoisotopic (exact) mass is 334 g/mol. The summed E-state index contributed by atoms with van der Waals surface area (Å²) in [5.41, 5.74) is 4.83. The molecule has 20 heavy (non-hydrogen) atoms. The molecule has 0 aliphatic rings. The molecule has 0 spiro atoms. The van der Waals surface area contributed by atoms with E-state index in [4.69, 9.17) is 9.47 Å². The predicted octanol–water partition coefficient (Wildman–Crippen LogP) is 4.80. The highest BCUT2D eigenvalue weighted by Crippen LogP contribution is 2.39. The van der Waals surface area contributed by atoms with Crippen molar-refractivity contribution in [2.45, 2.75) is 18.7 Å². The molecular formula is C17H19BrO2. The van der Waals surface area contributed by atoms with E-state index in [1.54, 1.807) is 14.2 Å². The Balaban J connectivity index is 2.48. The topological polar surface area (TPSA) is 18.5 Å². The zero-order valence-electron chi connectivity index (χ0n) is 12.2. The Morgan fingerprint density at radius 3 is 2.25 bits per heavy atom. The number of benzene rings is 2.